The second-order valence-electron chi connectivity index (χ2n) is 14.9. The van der Waals surface area contributed by atoms with E-state index in [1.165, 1.54) is 0 Å². The predicted molar refractivity (Wildman–Crippen MR) is 191 cm³/mol. The summed E-state index contributed by atoms with van der Waals surface area (Å²) in [5.41, 5.74) is 5.08. The van der Waals surface area contributed by atoms with Crippen LogP contribution in [0.25, 0.3) is 11.1 Å². The van der Waals surface area contributed by atoms with Crippen LogP contribution in [0.5, 0.6) is 5.75 Å². The lowest BCUT2D eigenvalue weighted by atomic mass is 9.99. The summed E-state index contributed by atoms with van der Waals surface area (Å²) in [6.45, 7) is 11.6. The number of fused-ring (bicyclic) bond motifs is 5. The van der Waals surface area contributed by atoms with Gasteiger partial charge in [-0.2, -0.15) is 0 Å². The lowest BCUT2D eigenvalue weighted by Gasteiger charge is -2.37. The van der Waals surface area contributed by atoms with Crippen molar-refractivity contribution in [2.45, 2.75) is 102 Å². The van der Waals surface area contributed by atoms with Crippen LogP contribution in [0.3, 0.4) is 0 Å². The highest BCUT2D eigenvalue weighted by molar-refractivity contribution is 6.74. The van der Waals surface area contributed by atoms with Gasteiger partial charge in [-0.05, 0) is 66.5 Å². The predicted octanol–water partition coefficient (Wildman–Crippen LogP) is 7.62. The number of carbonyl (C=O) groups is 2. The summed E-state index contributed by atoms with van der Waals surface area (Å²) in [5.74, 6) is 0.470. The molecule has 3 aromatic rings. The van der Waals surface area contributed by atoms with E-state index < -0.39 is 14.4 Å². The van der Waals surface area contributed by atoms with Crippen LogP contribution in [0.1, 0.15) is 51.2 Å². The molecule has 9 nitrogen and oxygen atoms in total. The van der Waals surface area contributed by atoms with E-state index in [0.29, 0.717) is 42.2 Å². The molecule has 2 bridgehead atoms. The van der Waals surface area contributed by atoms with Gasteiger partial charge in [-0.25, -0.2) is 4.79 Å². The highest BCUT2D eigenvalue weighted by Crippen LogP contribution is 2.48. The first-order chi connectivity index (χ1) is 22.8. The Morgan fingerprint density at radius 2 is 1.60 bits per heavy atom. The van der Waals surface area contributed by atoms with Crippen molar-refractivity contribution in [3.8, 4) is 16.9 Å². The van der Waals surface area contributed by atoms with Gasteiger partial charge in [0.1, 0.15) is 24.1 Å². The molecule has 5 atom stereocenters. The molecule has 0 aromatic heterocycles. The molecule has 2 amide bonds. The van der Waals surface area contributed by atoms with Crippen molar-refractivity contribution < 1.29 is 28.2 Å². The fourth-order valence-electron chi connectivity index (χ4n) is 6.69. The molecule has 0 radical (unpaired) electrons. The molecule has 2 N–H and O–H groups in total. The molecule has 0 saturated carbocycles. The van der Waals surface area contributed by atoms with Gasteiger partial charge in [-0.15, -0.1) is 0 Å². The molecule has 3 heterocycles. The van der Waals surface area contributed by atoms with E-state index in [1.807, 2.05) is 66.7 Å². The third kappa shape index (κ3) is 7.47. The minimum Gasteiger partial charge on any atom is -0.495 e. The number of benzene rings is 3. The zero-order valence-electron chi connectivity index (χ0n) is 29.2. The topological polar surface area (TPSA) is 102 Å². The Hall–Kier alpha value is -3.70. The van der Waals surface area contributed by atoms with Gasteiger partial charge in [0.2, 0.25) is 5.91 Å². The molecular formula is C38H49N3O6Si. The van der Waals surface area contributed by atoms with Crippen LogP contribution in [0, 0.1) is 0 Å². The monoisotopic (exact) mass is 671 g/mol. The lowest BCUT2D eigenvalue weighted by molar-refractivity contribution is -0.116. The standard InChI is InChI=1S/C38H49N3O6Si/c1-38(2,3)48(6,7)45-23-25-14-17-29(33(20-25)44-5)39-34(42)18-15-24-13-16-28(26-11-9-8-10-12-26)30(19-24)40-37(43)46-27-21-31-35-36(47-35)32(22-27)41(31)4/h8-14,16-17,19-20,27,31-32,35-36H,15,18,21-23H2,1-7H3,(H,39,42)(H,40,43)/t27-,31-,32+,35-,36+. The van der Waals surface area contributed by atoms with E-state index in [1.54, 1.807) is 7.11 Å². The molecule has 0 spiro atoms. The first-order valence-corrected chi connectivity index (χ1v) is 19.9. The Balaban J connectivity index is 1.08. The van der Waals surface area contributed by atoms with Gasteiger partial charge in [0.15, 0.2) is 8.32 Å². The van der Waals surface area contributed by atoms with Crippen molar-refractivity contribution >= 4 is 31.7 Å². The van der Waals surface area contributed by atoms with E-state index in [2.05, 4.69) is 56.4 Å². The number of carbonyl (C=O) groups excluding carboxylic acids is 2. The lowest BCUT2D eigenvalue weighted by Crippen LogP contribution is -2.48. The molecule has 0 aliphatic carbocycles. The molecule has 3 aliphatic rings. The highest BCUT2D eigenvalue weighted by atomic mass is 28.4. The highest BCUT2D eigenvalue weighted by Gasteiger charge is 2.62. The zero-order valence-corrected chi connectivity index (χ0v) is 30.2. The van der Waals surface area contributed by atoms with Crippen LogP contribution in [-0.2, 0) is 31.7 Å². The Labute approximate surface area is 285 Å². The number of nitrogens with one attached hydrogen (secondary N) is 2. The number of methoxy groups -OCH3 is 1. The van der Waals surface area contributed by atoms with Gasteiger partial charge >= 0.3 is 6.09 Å². The Morgan fingerprint density at radius 1 is 0.917 bits per heavy atom. The van der Waals surface area contributed by atoms with Gasteiger partial charge in [-0.3, -0.25) is 15.0 Å². The molecular weight excluding hydrogens is 623 g/mol. The Morgan fingerprint density at radius 3 is 2.27 bits per heavy atom. The molecule has 6 rings (SSSR count). The van der Waals surface area contributed by atoms with Gasteiger partial charge in [0.05, 0.1) is 25.1 Å². The summed E-state index contributed by atoms with van der Waals surface area (Å²) in [5, 5.41) is 6.15. The molecule has 3 aliphatic heterocycles. The maximum atomic E-state index is 13.2. The van der Waals surface area contributed by atoms with Gasteiger partial charge in [0, 0.05) is 36.9 Å². The zero-order chi connectivity index (χ0) is 34.2. The maximum Gasteiger partial charge on any atom is 0.411 e. The number of anilines is 2. The van der Waals surface area contributed by atoms with Crippen LogP contribution in [0.2, 0.25) is 18.1 Å². The number of likely N-dealkylation sites (N-methyl/N-ethyl adjacent to an activating group) is 1. The normalized spacial score (nSPS) is 23.3. The van der Waals surface area contributed by atoms with E-state index in [4.69, 9.17) is 18.6 Å². The fourth-order valence-corrected chi connectivity index (χ4v) is 7.65. The second kappa shape index (κ2) is 13.7. The van der Waals surface area contributed by atoms with E-state index in [9.17, 15) is 9.59 Å². The number of morpholine rings is 1. The molecule has 256 valence electrons. The van der Waals surface area contributed by atoms with Gasteiger partial charge in [-0.1, -0.05) is 69.3 Å². The number of ether oxygens (including phenoxy) is 3. The molecule has 3 aromatic carbocycles. The van der Waals surface area contributed by atoms with Crippen LogP contribution in [-0.4, -0.2) is 69.8 Å². The van der Waals surface area contributed by atoms with Crippen molar-refractivity contribution in [3.63, 3.8) is 0 Å². The summed E-state index contributed by atoms with van der Waals surface area (Å²) in [7, 11) is 1.84. The van der Waals surface area contributed by atoms with Crippen molar-refractivity contribution in [2.75, 3.05) is 24.8 Å². The smallest absolute Gasteiger partial charge is 0.411 e. The summed E-state index contributed by atoms with van der Waals surface area (Å²) in [6, 6.07) is 22.2. The summed E-state index contributed by atoms with van der Waals surface area (Å²) in [6.07, 6.45) is 2.26. The summed E-state index contributed by atoms with van der Waals surface area (Å²) < 4.78 is 23.7. The van der Waals surface area contributed by atoms with Crippen LogP contribution in [0.15, 0.2) is 66.7 Å². The fraction of sp³-hybridized carbons (Fsp3) is 0.474. The molecule has 0 unspecified atom stereocenters. The van der Waals surface area contributed by atoms with Gasteiger partial charge in [0.25, 0.3) is 0 Å². The number of hydrogen-bond acceptors (Lipinski definition) is 7. The van der Waals surface area contributed by atoms with Gasteiger partial charge < -0.3 is 24.0 Å². The number of epoxide rings is 1. The third-order valence-corrected chi connectivity index (χ3v) is 15.1. The number of hydrogen-bond donors (Lipinski definition) is 2. The number of nitrogens with zero attached hydrogens (tertiary/aromatic N) is 1. The molecule has 10 heteroatoms. The second-order valence-corrected chi connectivity index (χ2v) is 19.7. The average Bonchev–Trinajstić information content (AvgIpc) is 3.82. The largest absolute Gasteiger partial charge is 0.495 e. The third-order valence-electron chi connectivity index (χ3n) is 10.6. The summed E-state index contributed by atoms with van der Waals surface area (Å²) in [4.78, 5) is 28.7. The van der Waals surface area contributed by atoms with Crippen LogP contribution >= 0.6 is 0 Å². The Bertz CT molecular complexity index is 1620. The number of amides is 2. The van der Waals surface area contributed by atoms with E-state index in [0.717, 1.165) is 35.1 Å². The Kier molecular flexibility index (Phi) is 9.73. The first-order valence-electron chi connectivity index (χ1n) is 17.0. The molecule has 3 saturated heterocycles. The maximum absolute atomic E-state index is 13.2. The van der Waals surface area contributed by atoms with Crippen molar-refractivity contribution in [2.24, 2.45) is 0 Å². The van der Waals surface area contributed by atoms with Crippen LogP contribution in [0.4, 0.5) is 16.2 Å². The van der Waals surface area contributed by atoms with Crippen molar-refractivity contribution in [3.05, 3.63) is 77.9 Å². The van der Waals surface area contributed by atoms with Crippen LogP contribution < -0.4 is 15.4 Å². The van der Waals surface area contributed by atoms with Crippen molar-refractivity contribution in [1.29, 1.82) is 0 Å². The number of rotatable bonds is 11. The molecule has 48 heavy (non-hydrogen) atoms. The quantitative estimate of drug-likeness (QED) is 0.160. The SMILES string of the molecule is COc1cc(CO[Si](C)(C)C(C)(C)C)ccc1NC(=O)CCc1ccc(-c2ccccc2)c(NC(=O)O[C@@H]2C[C@@H]3[C@H]4O[C@H]4[C@H](C2)N3C)c1. The minimum atomic E-state index is -1.90. The van der Waals surface area contributed by atoms with E-state index in [-0.39, 0.29) is 35.7 Å². The van der Waals surface area contributed by atoms with Crippen molar-refractivity contribution in [1.82, 2.24) is 4.90 Å². The van der Waals surface area contributed by atoms with E-state index >= 15 is 0 Å². The summed E-state index contributed by atoms with van der Waals surface area (Å²) >= 11 is 0. The average molecular weight is 672 g/mol. The number of aryl methyl sites for hydroxylation is 1. The minimum absolute atomic E-state index is 0.121. The number of piperidine rings is 1. The molecule has 3 fully saturated rings. The first kappa shape index (κ1) is 34.2.